The summed E-state index contributed by atoms with van der Waals surface area (Å²) in [6, 6.07) is 7.83. The highest BCUT2D eigenvalue weighted by molar-refractivity contribution is 7.10. The minimum Gasteiger partial charge on any atom is -0.464 e. The first-order valence-electron chi connectivity index (χ1n) is 23.1. The first kappa shape index (κ1) is 46.1. The molecule has 0 saturated carbocycles. The summed E-state index contributed by atoms with van der Waals surface area (Å²) in [4.78, 5) is 82.8. The Bertz CT molecular complexity index is 2460. The maximum atomic E-state index is 14.7. The van der Waals surface area contributed by atoms with E-state index in [9.17, 15) is 24.0 Å². The fraction of sp³-hybridized carbons (Fsp3) is 0.531. The molecule has 3 saturated heterocycles. The van der Waals surface area contributed by atoms with E-state index in [1.165, 1.54) is 22.4 Å². The number of hydrazine groups is 1. The molecule has 4 aromatic rings. The maximum Gasteiger partial charge on any atom is 0.324 e. The van der Waals surface area contributed by atoms with Crippen molar-refractivity contribution in [3.8, 4) is 22.5 Å². The molecule has 4 aliphatic rings. The van der Waals surface area contributed by atoms with Crippen molar-refractivity contribution >= 4 is 51.8 Å². The number of aryl methyl sites for hydroxylation is 1. The minimum absolute atomic E-state index is 0.101. The van der Waals surface area contributed by atoms with Crippen LogP contribution >= 0.6 is 11.3 Å². The number of esters is 1. The number of ether oxygens (including phenoxy) is 2. The van der Waals surface area contributed by atoms with E-state index in [0.717, 1.165) is 63.9 Å². The van der Waals surface area contributed by atoms with E-state index < -0.39 is 47.2 Å². The van der Waals surface area contributed by atoms with Gasteiger partial charge in [0.1, 0.15) is 18.1 Å². The molecule has 0 unspecified atom stereocenters. The van der Waals surface area contributed by atoms with Crippen molar-refractivity contribution in [3.05, 3.63) is 70.8 Å². The molecule has 4 amide bonds. The summed E-state index contributed by atoms with van der Waals surface area (Å²) in [6.45, 7) is 14.2. The van der Waals surface area contributed by atoms with Gasteiger partial charge in [0.2, 0.25) is 17.7 Å². The van der Waals surface area contributed by atoms with Crippen LogP contribution in [-0.2, 0) is 52.8 Å². The van der Waals surface area contributed by atoms with E-state index in [2.05, 4.69) is 66.9 Å². The van der Waals surface area contributed by atoms with Crippen LogP contribution in [0.2, 0.25) is 0 Å². The van der Waals surface area contributed by atoms with Crippen LogP contribution in [0.25, 0.3) is 33.4 Å². The number of rotatable bonds is 8. The molecular formula is C49H62N8O7S. The number of nitrogens with zero attached hydrogens (tertiary/aromatic N) is 6. The van der Waals surface area contributed by atoms with E-state index in [1.807, 2.05) is 18.4 Å². The number of nitrogens with one attached hydrogen (secondary N) is 2. The van der Waals surface area contributed by atoms with Gasteiger partial charge in [-0.25, -0.2) is 10.4 Å². The van der Waals surface area contributed by atoms with Gasteiger partial charge in [0.15, 0.2) is 0 Å². The number of likely N-dealkylation sites (tertiary alicyclic amines) is 2. The molecule has 7 heterocycles. The van der Waals surface area contributed by atoms with Gasteiger partial charge in [0, 0.05) is 85.3 Å². The Kier molecular flexibility index (Phi) is 13.9. The highest BCUT2D eigenvalue weighted by Gasteiger charge is 2.41. The molecule has 2 N–H and O–H groups in total. The van der Waals surface area contributed by atoms with E-state index in [4.69, 9.17) is 19.4 Å². The number of thiazole rings is 1. The van der Waals surface area contributed by atoms with Crippen molar-refractivity contribution < 1.29 is 33.4 Å². The molecule has 3 fully saturated rings. The van der Waals surface area contributed by atoms with Crippen molar-refractivity contribution in [2.45, 2.75) is 116 Å². The molecule has 1 aromatic carbocycles. The summed E-state index contributed by atoms with van der Waals surface area (Å²) < 4.78 is 14.3. The molecule has 16 heteroatoms. The summed E-state index contributed by atoms with van der Waals surface area (Å²) in [7, 11) is 1.69. The van der Waals surface area contributed by atoms with Crippen LogP contribution in [0.1, 0.15) is 95.0 Å². The lowest BCUT2D eigenvalue weighted by Gasteiger charge is -2.36. The Balaban J connectivity index is 1.16. The van der Waals surface area contributed by atoms with Crippen molar-refractivity contribution in [2.75, 3.05) is 39.9 Å². The topological polar surface area (TPSA) is 168 Å². The van der Waals surface area contributed by atoms with Crippen LogP contribution < -0.4 is 10.7 Å². The first-order valence-corrected chi connectivity index (χ1v) is 24.0. The lowest BCUT2D eigenvalue weighted by atomic mass is 9.84. The molecule has 8 rings (SSSR count). The number of aromatic nitrogens is 3. The Morgan fingerprint density at radius 3 is 2.71 bits per heavy atom. The minimum atomic E-state index is -1.05. The lowest BCUT2D eigenvalue weighted by molar-refractivity contribution is -0.155. The monoisotopic (exact) mass is 906 g/mol. The third kappa shape index (κ3) is 9.61. The van der Waals surface area contributed by atoms with Gasteiger partial charge < -0.3 is 29.2 Å². The maximum absolute atomic E-state index is 14.7. The third-order valence-corrected chi connectivity index (χ3v) is 14.4. The Labute approximate surface area is 384 Å². The van der Waals surface area contributed by atoms with Crippen molar-refractivity contribution in [1.82, 2.24) is 40.1 Å². The lowest BCUT2D eigenvalue weighted by Crippen LogP contribution is -2.62. The number of hydrogen-bond donors (Lipinski definition) is 2. The van der Waals surface area contributed by atoms with Gasteiger partial charge in [-0.3, -0.25) is 34.0 Å². The zero-order valence-electron chi connectivity index (χ0n) is 38.3. The molecule has 5 atom stereocenters. The van der Waals surface area contributed by atoms with Gasteiger partial charge in [-0.15, -0.1) is 11.3 Å². The molecule has 0 spiro atoms. The van der Waals surface area contributed by atoms with Crippen LogP contribution in [0.4, 0.5) is 0 Å². The quantitative estimate of drug-likeness (QED) is 0.158. The van der Waals surface area contributed by atoms with Gasteiger partial charge in [-0.2, -0.15) is 0 Å². The van der Waals surface area contributed by atoms with Gasteiger partial charge in [-0.05, 0) is 88.3 Å². The fourth-order valence-electron chi connectivity index (χ4n) is 10.0. The summed E-state index contributed by atoms with van der Waals surface area (Å²) in [5, 5.41) is 8.22. The van der Waals surface area contributed by atoms with Crippen LogP contribution in [0.3, 0.4) is 0 Å². The molecule has 0 radical (unpaired) electrons. The summed E-state index contributed by atoms with van der Waals surface area (Å²) in [6.07, 6.45) is 7.85. The molecule has 65 heavy (non-hydrogen) atoms. The Morgan fingerprint density at radius 1 is 1.09 bits per heavy atom. The molecule has 6 bridgehead atoms. The van der Waals surface area contributed by atoms with Gasteiger partial charge >= 0.3 is 5.97 Å². The number of fused-ring (bicyclic) bond motifs is 6. The second-order valence-corrected chi connectivity index (χ2v) is 19.6. The normalized spacial score (nSPS) is 23.4. The highest BCUT2D eigenvalue weighted by Crippen LogP contribution is 2.42. The van der Waals surface area contributed by atoms with Crippen LogP contribution in [-0.4, -0.2) is 117 Å². The second-order valence-electron chi connectivity index (χ2n) is 18.6. The molecule has 4 aliphatic heterocycles. The van der Waals surface area contributed by atoms with Crippen LogP contribution in [0.15, 0.2) is 54.6 Å². The van der Waals surface area contributed by atoms with E-state index >= 15 is 0 Å². The fourth-order valence-corrected chi connectivity index (χ4v) is 10.9. The number of amides is 4. The molecule has 15 nitrogen and oxygen atoms in total. The van der Waals surface area contributed by atoms with Crippen LogP contribution in [0, 0.1) is 11.3 Å². The van der Waals surface area contributed by atoms with Crippen LogP contribution in [0.5, 0.6) is 0 Å². The summed E-state index contributed by atoms with van der Waals surface area (Å²) in [5.74, 6) is -2.04. The molecular weight excluding hydrogens is 845 g/mol. The average Bonchev–Trinajstić information content (AvgIpc) is 4.02. The Morgan fingerprint density at radius 2 is 1.92 bits per heavy atom. The van der Waals surface area contributed by atoms with Crippen molar-refractivity contribution in [3.63, 3.8) is 0 Å². The summed E-state index contributed by atoms with van der Waals surface area (Å²) in [5.41, 5.74) is 9.33. The number of pyridine rings is 1. The first-order chi connectivity index (χ1) is 31.3. The SMILES string of the molecule is C=CC(=O)N1CC[C@H](C(=O)N2CCCCC[C@H]2C(=O)N[C@H]2Cc3nc(cs3)-c3ccc4c(c3)c(c(-c3cccnc3[C@H](C)OC)n4CC)CC(C)(C)COC(=O)[C@@H]3CCCN(N3)C2=O)C1. The number of benzene rings is 1. The van der Waals surface area contributed by atoms with E-state index in [0.29, 0.717) is 63.3 Å². The largest absolute Gasteiger partial charge is 0.464 e. The predicted molar refractivity (Wildman–Crippen MR) is 248 cm³/mol. The zero-order chi connectivity index (χ0) is 46.0. The van der Waals surface area contributed by atoms with Gasteiger partial charge in [0.25, 0.3) is 5.91 Å². The number of carbonyl (C=O) groups is 5. The average molecular weight is 907 g/mol. The Hall–Kier alpha value is -5.45. The number of carbonyl (C=O) groups excluding carboxylic acids is 5. The third-order valence-electron chi connectivity index (χ3n) is 13.5. The predicted octanol–water partition coefficient (Wildman–Crippen LogP) is 6.01. The second kappa shape index (κ2) is 19.6. The smallest absolute Gasteiger partial charge is 0.324 e. The molecule has 0 aliphatic carbocycles. The van der Waals surface area contributed by atoms with E-state index in [-0.39, 0.29) is 37.5 Å². The number of cyclic esters (lactones) is 1. The summed E-state index contributed by atoms with van der Waals surface area (Å²) >= 11 is 1.42. The highest BCUT2D eigenvalue weighted by atomic mass is 32.1. The molecule has 3 aromatic heterocycles. The number of methoxy groups -OCH3 is 1. The van der Waals surface area contributed by atoms with Crippen molar-refractivity contribution in [2.24, 2.45) is 11.3 Å². The van der Waals surface area contributed by atoms with E-state index in [1.54, 1.807) is 23.1 Å². The molecule has 346 valence electrons. The van der Waals surface area contributed by atoms with Gasteiger partial charge in [0.05, 0.1) is 40.7 Å². The standard InChI is InChI=1S/C49H62N8O7S/c1-7-42(58)54-23-19-32(27-54)46(60)56-21-11-9-10-16-40(56)45(59)52-37-25-41-51-38(28-65-41)31-17-18-39-34(24-31)35(44(55(39)8-2)33-14-12-20-50-43(33)30(3)63-6)26-49(4,5)29-64-48(62)36-15-13-22-57(53-36)47(37)61/h7,12,14,17-18,20,24,28,30,32,36-37,40,53H,1,8-11,13,15-16,19,21-23,25-27,29H2,2-6H3,(H,52,59)/t30-,32-,36-,37-,40-/m0/s1. The van der Waals surface area contributed by atoms with Crippen molar-refractivity contribution in [1.29, 1.82) is 0 Å². The number of hydrogen-bond acceptors (Lipinski definition) is 11. The zero-order valence-corrected chi connectivity index (χ0v) is 39.1. The van der Waals surface area contributed by atoms with Gasteiger partial charge in [-0.1, -0.05) is 39.3 Å².